The molecule has 3 aromatic rings. The smallest absolute Gasteiger partial charge is 0.339 e. The largest absolute Gasteiger partial charge is 0.452 e. The van der Waals surface area contributed by atoms with E-state index < -0.39 is 30.2 Å². The highest BCUT2D eigenvalue weighted by molar-refractivity contribution is 7.98. The molecule has 0 fully saturated rings. The Morgan fingerprint density at radius 2 is 1.71 bits per heavy atom. The fraction of sp³-hybridized carbons (Fsp3) is 0.154. The SMILES string of the molecule is CN(CC(=O)Nc1ccc(F)cc1)C(=O)COC(=O)c1ccccc1SCc1ccc(C#N)cc1. The van der Waals surface area contributed by atoms with Crippen LogP contribution in [-0.4, -0.2) is 42.9 Å². The number of carbonyl (C=O) groups excluding carboxylic acids is 3. The average molecular weight is 492 g/mol. The van der Waals surface area contributed by atoms with Gasteiger partial charge in [0.15, 0.2) is 6.61 Å². The second-order valence-electron chi connectivity index (χ2n) is 7.47. The maximum atomic E-state index is 13.0. The maximum Gasteiger partial charge on any atom is 0.339 e. The number of nitrogens with zero attached hydrogens (tertiary/aromatic N) is 2. The van der Waals surface area contributed by atoms with Crippen LogP contribution in [0.5, 0.6) is 0 Å². The van der Waals surface area contributed by atoms with Crippen LogP contribution in [0.3, 0.4) is 0 Å². The van der Waals surface area contributed by atoms with Gasteiger partial charge in [-0.2, -0.15) is 5.26 Å². The van der Waals surface area contributed by atoms with Gasteiger partial charge in [-0.05, 0) is 54.1 Å². The third-order valence-corrected chi connectivity index (χ3v) is 5.99. The Bertz CT molecular complexity index is 1240. The van der Waals surface area contributed by atoms with Crippen molar-refractivity contribution in [2.45, 2.75) is 10.6 Å². The third kappa shape index (κ3) is 7.69. The Labute approximate surface area is 206 Å². The highest BCUT2D eigenvalue weighted by atomic mass is 32.2. The lowest BCUT2D eigenvalue weighted by atomic mass is 10.2. The molecule has 0 saturated heterocycles. The number of likely N-dealkylation sites (N-methyl/N-ethyl adjacent to an activating group) is 1. The van der Waals surface area contributed by atoms with E-state index in [9.17, 15) is 18.8 Å². The van der Waals surface area contributed by atoms with Gasteiger partial charge < -0.3 is 15.0 Å². The first-order chi connectivity index (χ1) is 16.9. The lowest BCUT2D eigenvalue weighted by molar-refractivity contribution is -0.136. The number of rotatable bonds is 9. The van der Waals surface area contributed by atoms with Gasteiger partial charge in [-0.1, -0.05) is 24.3 Å². The van der Waals surface area contributed by atoms with E-state index in [0.717, 1.165) is 10.5 Å². The number of nitrogens with one attached hydrogen (secondary N) is 1. The van der Waals surface area contributed by atoms with Crippen LogP contribution >= 0.6 is 11.8 Å². The number of anilines is 1. The summed E-state index contributed by atoms with van der Waals surface area (Å²) in [5, 5.41) is 11.5. The molecule has 0 aromatic heterocycles. The molecule has 35 heavy (non-hydrogen) atoms. The molecular formula is C26H22FN3O4S. The van der Waals surface area contributed by atoms with Crippen molar-refractivity contribution < 1.29 is 23.5 Å². The molecule has 0 unspecified atom stereocenters. The van der Waals surface area contributed by atoms with Crippen LogP contribution in [0.15, 0.2) is 77.7 Å². The molecule has 1 N–H and O–H groups in total. The van der Waals surface area contributed by atoms with Crippen LogP contribution in [0.2, 0.25) is 0 Å². The minimum atomic E-state index is -0.648. The second kappa shape index (κ2) is 12.3. The summed E-state index contributed by atoms with van der Waals surface area (Å²) >= 11 is 1.44. The molecule has 0 spiro atoms. The van der Waals surface area contributed by atoms with Crippen molar-refractivity contribution in [3.8, 4) is 6.07 Å². The van der Waals surface area contributed by atoms with Crippen LogP contribution in [0.4, 0.5) is 10.1 Å². The number of ether oxygens (including phenoxy) is 1. The molecule has 0 aliphatic carbocycles. The molecule has 0 saturated carbocycles. The van der Waals surface area contributed by atoms with E-state index in [-0.39, 0.29) is 6.54 Å². The van der Waals surface area contributed by atoms with Crippen LogP contribution < -0.4 is 5.32 Å². The van der Waals surface area contributed by atoms with Crippen molar-refractivity contribution in [3.63, 3.8) is 0 Å². The molecule has 3 rings (SSSR count). The number of esters is 1. The van der Waals surface area contributed by atoms with E-state index in [1.807, 2.05) is 12.1 Å². The first-order valence-corrected chi connectivity index (χ1v) is 11.5. The number of amides is 2. The monoisotopic (exact) mass is 491 g/mol. The molecule has 0 atom stereocenters. The molecule has 0 radical (unpaired) electrons. The first-order valence-electron chi connectivity index (χ1n) is 10.5. The molecule has 3 aromatic carbocycles. The number of hydrogen-bond donors (Lipinski definition) is 1. The summed E-state index contributed by atoms with van der Waals surface area (Å²) in [6.07, 6.45) is 0. The van der Waals surface area contributed by atoms with Crippen molar-refractivity contribution >= 4 is 35.2 Å². The highest BCUT2D eigenvalue weighted by Gasteiger charge is 2.18. The number of benzene rings is 3. The predicted octanol–water partition coefficient (Wildman–Crippen LogP) is 4.24. The van der Waals surface area contributed by atoms with Gasteiger partial charge in [0.05, 0.1) is 23.7 Å². The van der Waals surface area contributed by atoms with Crippen LogP contribution in [0.25, 0.3) is 0 Å². The first kappa shape index (κ1) is 25.5. The van der Waals surface area contributed by atoms with Crippen molar-refractivity contribution in [1.29, 1.82) is 5.26 Å². The Morgan fingerprint density at radius 3 is 2.40 bits per heavy atom. The summed E-state index contributed by atoms with van der Waals surface area (Å²) in [4.78, 5) is 38.9. The van der Waals surface area contributed by atoms with Gasteiger partial charge in [0.25, 0.3) is 5.91 Å². The Balaban J connectivity index is 1.50. The van der Waals surface area contributed by atoms with E-state index in [1.54, 1.807) is 36.4 Å². The number of carbonyl (C=O) groups is 3. The van der Waals surface area contributed by atoms with Gasteiger partial charge in [0.1, 0.15) is 5.82 Å². The minimum absolute atomic E-state index is 0.259. The summed E-state index contributed by atoms with van der Waals surface area (Å²) in [5.74, 6) is -1.50. The van der Waals surface area contributed by atoms with E-state index in [2.05, 4.69) is 11.4 Å². The minimum Gasteiger partial charge on any atom is -0.452 e. The molecular weight excluding hydrogens is 469 g/mol. The van der Waals surface area contributed by atoms with Crippen molar-refractivity contribution in [3.05, 3.63) is 95.3 Å². The molecule has 0 bridgehead atoms. The molecule has 2 amide bonds. The van der Waals surface area contributed by atoms with Crippen molar-refractivity contribution in [2.75, 3.05) is 25.5 Å². The topological polar surface area (TPSA) is 99.5 Å². The van der Waals surface area contributed by atoms with E-state index >= 15 is 0 Å². The zero-order valence-corrected chi connectivity index (χ0v) is 19.7. The zero-order valence-electron chi connectivity index (χ0n) is 18.9. The van der Waals surface area contributed by atoms with Crippen LogP contribution in [-0.2, 0) is 20.1 Å². The van der Waals surface area contributed by atoms with Gasteiger partial charge in [-0.3, -0.25) is 9.59 Å². The van der Waals surface area contributed by atoms with Gasteiger partial charge >= 0.3 is 5.97 Å². The van der Waals surface area contributed by atoms with Gasteiger partial charge in [-0.15, -0.1) is 11.8 Å². The summed E-state index contributed by atoms with van der Waals surface area (Å²) in [5.41, 5.74) is 2.30. The average Bonchev–Trinajstić information content (AvgIpc) is 2.87. The van der Waals surface area contributed by atoms with Gasteiger partial charge in [-0.25, -0.2) is 9.18 Å². The quantitative estimate of drug-likeness (QED) is 0.355. The Hall–Kier alpha value is -4.16. The number of nitriles is 1. The fourth-order valence-electron chi connectivity index (χ4n) is 2.95. The molecule has 0 heterocycles. The van der Waals surface area contributed by atoms with Crippen molar-refractivity contribution in [2.24, 2.45) is 0 Å². The molecule has 7 nitrogen and oxygen atoms in total. The van der Waals surface area contributed by atoms with Gasteiger partial charge in [0, 0.05) is 23.4 Å². The van der Waals surface area contributed by atoms with Crippen LogP contribution in [0.1, 0.15) is 21.5 Å². The molecule has 0 aliphatic rings. The van der Waals surface area contributed by atoms with Gasteiger partial charge in [0.2, 0.25) is 5.91 Å². The molecule has 178 valence electrons. The summed E-state index contributed by atoms with van der Waals surface area (Å²) in [6.45, 7) is -0.779. The summed E-state index contributed by atoms with van der Waals surface area (Å²) in [7, 11) is 1.42. The molecule has 9 heteroatoms. The second-order valence-corrected chi connectivity index (χ2v) is 8.49. The van der Waals surface area contributed by atoms with Crippen molar-refractivity contribution in [1.82, 2.24) is 4.90 Å². The zero-order chi connectivity index (χ0) is 25.2. The normalized spacial score (nSPS) is 10.2. The fourth-order valence-corrected chi connectivity index (χ4v) is 3.95. The summed E-state index contributed by atoms with van der Waals surface area (Å²) < 4.78 is 18.2. The lowest BCUT2D eigenvalue weighted by Crippen LogP contribution is -2.37. The Morgan fingerprint density at radius 1 is 1.03 bits per heavy atom. The van der Waals surface area contributed by atoms with E-state index in [4.69, 9.17) is 10.00 Å². The van der Waals surface area contributed by atoms with E-state index in [1.165, 1.54) is 43.1 Å². The lowest BCUT2D eigenvalue weighted by Gasteiger charge is -2.17. The number of halogens is 1. The standard InChI is InChI=1S/C26H22FN3O4S/c1-30(15-24(31)29-21-12-10-20(27)11-13-21)25(32)16-34-26(33)22-4-2-3-5-23(22)35-17-19-8-6-18(14-28)7-9-19/h2-13H,15-17H2,1H3,(H,29,31). The van der Waals surface area contributed by atoms with E-state index in [0.29, 0.717) is 27.5 Å². The highest BCUT2D eigenvalue weighted by Crippen LogP contribution is 2.27. The molecule has 0 aliphatic heterocycles. The Kier molecular flexibility index (Phi) is 8.98. The third-order valence-electron chi connectivity index (χ3n) is 4.85. The van der Waals surface area contributed by atoms with Crippen LogP contribution in [0, 0.1) is 17.1 Å². The number of hydrogen-bond acceptors (Lipinski definition) is 6. The predicted molar refractivity (Wildman–Crippen MR) is 130 cm³/mol. The summed E-state index contributed by atoms with van der Waals surface area (Å²) in [6, 6.07) is 21.4. The number of thioether (sulfide) groups is 1. The maximum absolute atomic E-state index is 13.0.